The Morgan fingerprint density at radius 2 is 2.20 bits per heavy atom. The second-order valence-corrected chi connectivity index (χ2v) is 5.70. The van der Waals surface area contributed by atoms with Crippen molar-refractivity contribution < 1.29 is 14.3 Å². The maximum atomic E-state index is 12.0. The van der Waals surface area contributed by atoms with Crippen molar-refractivity contribution in [1.29, 1.82) is 0 Å². The van der Waals surface area contributed by atoms with Crippen molar-refractivity contribution in [3.63, 3.8) is 0 Å². The maximum absolute atomic E-state index is 12.0. The largest absolute Gasteiger partial charge is 0.479 e. The molecule has 0 saturated carbocycles. The molecule has 1 aromatic rings. The zero-order chi connectivity index (χ0) is 14.9. The molecule has 0 aromatic heterocycles. The Morgan fingerprint density at radius 1 is 1.50 bits per heavy atom. The number of hydrogen-bond donors (Lipinski definition) is 2. The maximum Gasteiger partial charge on any atom is 0.265 e. The lowest BCUT2D eigenvalue weighted by molar-refractivity contribution is -0.123. The van der Waals surface area contributed by atoms with E-state index in [9.17, 15) is 9.59 Å². The van der Waals surface area contributed by atoms with Crippen LogP contribution in [0.1, 0.15) is 20.8 Å². The first-order chi connectivity index (χ1) is 9.33. The van der Waals surface area contributed by atoms with Gasteiger partial charge in [-0.05, 0) is 39.0 Å². The normalized spacial score (nSPS) is 17.8. The van der Waals surface area contributed by atoms with Gasteiger partial charge >= 0.3 is 0 Å². The van der Waals surface area contributed by atoms with Crippen LogP contribution in [0.5, 0.6) is 5.75 Å². The standard InChI is InChI=1S/C14H17ClN2O3/c1-8-12(18)17-10-6-9(4-5-11(10)20-8)16-13(19)14(2,3)7-15/h4-6,8H,7H2,1-3H3,(H,16,19)(H,17,18). The molecular weight excluding hydrogens is 280 g/mol. The van der Waals surface area contributed by atoms with Crippen molar-refractivity contribution >= 4 is 34.8 Å². The van der Waals surface area contributed by atoms with E-state index in [1.807, 2.05) is 0 Å². The molecule has 1 aliphatic heterocycles. The molecule has 1 aliphatic rings. The van der Waals surface area contributed by atoms with Crippen molar-refractivity contribution in [3.05, 3.63) is 18.2 Å². The quantitative estimate of drug-likeness (QED) is 0.843. The summed E-state index contributed by atoms with van der Waals surface area (Å²) in [6.45, 7) is 5.21. The molecule has 1 aromatic carbocycles. The molecule has 6 heteroatoms. The van der Waals surface area contributed by atoms with Crippen molar-refractivity contribution in [3.8, 4) is 5.75 Å². The van der Waals surface area contributed by atoms with Gasteiger partial charge in [-0.1, -0.05) is 0 Å². The minimum atomic E-state index is -0.661. The number of rotatable bonds is 3. The summed E-state index contributed by atoms with van der Waals surface area (Å²) < 4.78 is 5.45. The number of hydrogen-bond acceptors (Lipinski definition) is 3. The zero-order valence-corrected chi connectivity index (χ0v) is 12.4. The van der Waals surface area contributed by atoms with Gasteiger partial charge in [0.25, 0.3) is 5.91 Å². The van der Waals surface area contributed by atoms with E-state index in [1.165, 1.54) is 0 Å². The third-order valence-electron chi connectivity index (χ3n) is 3.12. The van der Waals surface area contributed by atoms with Crippen LogP contribution in [0, 0.1) is 5.41 Å². The summed E-state index contributed by atoms with van der Waals surface area (Å²) >= 11 is 5.77. The Hall–Kier alpha value is -1.75. The summed E-state index contributed by atoms with van der Waals surface area (Å²) in [5.41, 5.74) is 0.478. The lowest BCUT2D eigenvalue weighted by atomic mass is 9.95. The summed E-state index contributed by atoms with van der Waals surface area (Å²) in [6, 6.07) is 5.11. The predicted molar refractivity (Wildman–Crippen MR) is 78.3 cm³/mol. The minimum absolute atomic E-state index is 0.177. The van der Waals surface area contributed by atoms with Gasteiger partial charge in [0.1, 0.15) is 5.75 Å². The third kappa shape index (κ3) is 2.88. The van der Waals surface area contributed by atoms with E-state index in [-0.39, 0.29) is 17.7 Å². The van der Waals surface area contributed by atoms with E-state index >= 15 is 0 Å². The first kappa shape index (κ1) is 14.7. The van der Waals surface area contributed by atoms with Gasteiger partial charge in [0.05, 0.1) is 11.1 Å². The van der Waals surface area contributed by atoms with E-state index in [0.29, 0.717) is 17.1 Å². The summed E-state index contributed by atoms with van der Waals surface area (Å²) in [5, 5.41) is 5.51. The number of nitrogens with one attached hydrogen (secondary N) is 2. The van der Waals surface area contributed by atoms with Crippen LogP contribution < -0.4 is 15.4 Å². The van der Waals surface area contributed by atoms with Crippen molar-refractivity contribution in [1.82, 2.24) is 0 Å². The van der Waals surface area contributed by atoms with Crippen LogP contribution in [-0.2, 0) is 9.59 Å². The zero-order valence-electron chi connectivity index (χ0n) is 11.6. The molecule has 108 valence electrons. The highest BCUT2D eigenvalue weighted by Crippen LogP contribution is 2.32. The van der Waals surface area contributed by atoms with Gasteiger partial charge in [-0.3, -0.25) is 9.59 Å². The molecule has 2 rings (SSSR count). The van der Waals surface area contributed by atoms with E-state index in [1.54, 1.807) is 39.0 Å². The Balaban J connectivity index is 2.18. The molecule has 20 heavy (non-hydrogen) atoms. The summed E-state index contributed by atoms with van der Waals surface area (Å²) in [6.07, 6.45) is -0.516. The van der Waals surface area contributed by atoms with Crippen LogP contribution in [0.25, 0.3) is 0 Å². The topological polar surface area (TPSA) is 67.4 Å². The van der Waals surface area contributed by atoms with Crippen LogP contribution in [0.3, 0.4) is 0 Å². The fraction of sp³-hybridized carbons (Fsp3) is 0.429. The monoisotopic (exact) mass is 296 g/mol. The molecule has 2 amide bonds. The van der Waals surface area contributed by atoms with Crippen LogP contribution >= 0.6 is 11.6 Å². The highest BCUT2D eigenvalue weighted by molar-refractivity contribution is 6.20. The van der Waals surface area contributed by atoms with Gasteiger partial charge in [-0.15, -0.1) is 11.6 Å². The van der Waals surface area contributed by atoms with Gasteiger partial charge in [0.2, 0.25) is 5.91 Å². The number of halogens is 1. The Bertz CT molecular complexity index is 557. The lowest BCUT2D eigenvalue weighted by Crippen LogP contribution is -2.34. The van der Waals surface area contributed by atoms with Gasteiger partial charge in [-0.25, -0.2) is 0 Å². The van der Waals surface area contributed by atoms with Crippen molar-refractivity contribution in [2.45, 2.75) is 26.9 Å². The van der Waals surface area contributed by atoms with Gasteiger partial charge < -0.3 is 15.4 Å². The van der Waals surface area contributed by atoms with E-state index < -0.39 is 11.5 Å². The SMILES string of the molecule is CC1Oc2ccc(NC(=O)C(C)(C)CCl)cc2NC1=O. The number of carbonyl (C=O) groups is 2. The Morgan fingerprint density at radius 3 is 2.85 bits per heavy atom. The van der Waals surface area contributed by atoms with Crippen LogP contribution in [0.15, 0.2) is 18.2 Å². The van der Waals surface area contributed by atoms with Crippen molar-refractivity contribution in [2.24, 2.45) is 5.41 Å². The molecule has 0 radical (unpaired) electrons. The lowest BCUT2D eigenvalue weighted by Gasteiger charge is -2.24. The molecule has 0 spiro atoms. The number of amides is 2. The third-order valence-corrected chi connectivity index (χ3v) is 3.79. The fourth-order valence-electron chi connectivity index (χ4n) is 1.65. The Labute approximate surface area is 122 Å². The number of alkyl halides is 1. The highest BCUT2D eigenvalue weighted by atomic mass is 35.5. The first-order valence-electron chi connectivity index (χ1n) is 6.32. The van der Waals surface area contributed by atoms with Gasteiger partial charge in [0, 0.05) is 11.6 Å². The molecule has 1 atom stereocenters. The number of fused-ring (bicyclic) bond motifs is 1. The second kappa shape index (κ2) is 5.32. The van der Waals surface area contributed by atoms with Gasteiger partial charge in [-0.2, -0.15) is 0 Å². The van der Waals surface area contributed by atoms with Crippen LogP contribution in [0.2, 0.25) is 0 Å². The predicted octanol–water partition coefficient (Wildman–Crippen LogP) is 2.61. The fourth-order valence-corrected chi connectivity index (χ4v) is 1.77. The first-order valence-corrected chi connectivity index (χ1v) is 6.86. The molecule has 2 N–H and O–H groups in total. The smallest absolute Gasteiger partial charge is 0.265 e. The molecular formula is C14H17ClN2O3. The van der Waals surface area contributed by atoms with Crippen LogP contribution in [0.4, 0.5) is 11.4 Å². The Kier molecular flexibility index (Phi) is 3.90. The molecule has 0 saturated heterocycles. The molecule has 0 bridgehead atoms. The number of benzene rings is 1. The molecule has 1 heterocycles. The average Bonchev–Trinajstić information content (AvgIpc) is 2.40. The molecule has 0 aliphatic carbocycles. The minimum Gasteiger partial charge on any atom is -0.479 e. The van der Waals surface area contributed by atoms with Gasteiger partial charge in [0.15, 0.2) is 6.10 Å². The summed E-state index contributed by atoms with van der Waals surface area (Å²) in [4.78, 5) is 23.6. The summed E-state index contributed by atoms with van der Waals surface area (Å²) in [7, 11) is 0. The summed E-state index contributed by atoms with van der Waals surface area (Å²) in [5.74, 6) is 0.429. The van der Waals surface area contributed by atoms with E-state index in [4.69, 9.17) is 16.3 Å². The molecule has 5 nitrogen and oxygen atoms in total. The molecule has 1 unspecified atom stereocenters. The number of carbonyl (C=O) groups excluding carboxylic acids is 2. The number of anilines is 2. The van der Waals surface area contributed by atoms with Crippen molar-refractivity contribution in [2.75, 3.05) is 16.5 Å². The number of ether oxygens (including phenoxy) is 1. The van der Waals surface area contributed by atoms with E-state index in [0.717, 1.165) is 0 Å². The molecule has 0 fully saturated rings. The van der Waals surface area contributed by atoms with E-state index in [2.05, 4.69) is 10.6 Å². The highest BCUT2D eigenvalue weighted by Gasteiger charge is 2.27. The second-order valence-electron chi connectivity index (χ2n) is 5.43. The average molecular weight is 297 g/mol. The van der Waals surface area contributed by atoms with Crippen LogP contribution in [-0.4, -0.2) is 23.8 Å².